The summed E-state index contributed by atoms with van der Waals surface area (Å²) in [6.07, 6.45) is 6.78. The van der Waals surface area contributed by atoms with Gasteiger partial charge in [0.05, 0.1) is 13.7 Å². The number of hydrogen-bond donors (Lipinski definition) is 1. The van der Waals surface area contributed by atoms with E-state index in [1.807, 2.05) is 24.3 Å². The van der Waals surface area contributed by atoms with Crippen molar-refractivity contribution in [3.05, 3.63) is 29.8 Å². The van der Waals surface area contributed by atoms with Crippen LogP contribution in [0.25, 0.3) is 0 Å². The van der Waals surface area contributed by atoms with Crippen molar-refractivity contribution < 1.29 is 14.3 Å². The van der Waals surface area contributed by atoms with E-state index in [4.69, 9.17) is 4.74 Å². The van der Waals surface area contributed by atoms with Crippen LogP contribution in [0.2, 0.25) is 0 Å². The molecule has 2 fully saturated rings. The minimum Gasteiger partial charge on any atom is -0.493 e. The highest BCUT2D eigenvalue weighted by Crippen LogP contribution is 2.17. The first-order valence-electron chi connectivity index (χ1n) is 8.27. The Bertz CT molecular complexity index is 451. The van der Waals surface area contributed by atoms with Gasteiger partial charge in [-0.2, -0.15) is 0 Å². The Morgan fingerprint density at radius 3 is 2.77 bits per heavy atom. The lowest BCUT2D eigenvalue weighted by Crippen LogP contribution is -2.15. The van der Waals surface area contributed by atoms with Gasteiger partial charge in [-0.3, -0.25) is 4.79 Å². The average molecular weight is 305 g/mol. The fourth-order valence-electron chi connectivity index (χ4n) is 2.21. The van der Waals surface area contributed by atoms with Crippen LogP contribution in [0.4, 0.5) is 0 Å². The van der Waals surface area contributed by atoms with Crippen molar-refractivity contribution in [3.8, 4) is 5.75 Å². The van der Waals surface area contributed by atoms with E-state index in [1.54, 1.807) is 0 Å². The molecule has 0 radical (unpaired) electrons. The quantitative estimate of drug-likeness (QED) is 0.821. The lowest BCUT2D eigenvalue weighted by Gasteiger charge is -2.11. The van der Waals surface area contributed by atoms with Gasteiger partial charge in [-0.25, -0.2) is 0 Å². The first-order chi connectivity index (χ1) is 10.8. The van der Waals surface area contributed by atoms with Gasteiger partial charge in [-0.05, 0) is 37.1 Å². The lowest BCUT2D eigenvalue weighted by molar-refractivity contribution is -0.140. The van der Waals surface area contributed by atoms with Crippen LogP contribution in [-0.2, 0) is 16.0 Å². The van der Waals surface area contributed by atoms with E-state index in [1.165, 1.54) is 32.8 Å². The molecular formula is C18H27NO3. The van der Waals surface area contributed by atoms with Crippen LogP contribution >= 0.6 is 0 Å². The van der Waals surface area contributed by atoms with E-state index in [-0.39, 0.29) is 5.97 Å². The van der Waals surface area contributed by atoms with Crippen LogP contribution in [0.5, 0.6) is 5.75 Å². The first kappa shape index (κ1) is 16.8. The van der Waals surface area contributed by atoms with Crippen LogP contribution in [0.15, 0.2) is 24.3 Å². The standard InChI is InChI=1S/C15H21NO3.C3H6/c1-18-15(17)6-5-12-3-2-4-14(9-12)19-11-13-7-8-16-10-13;1-2-3-1/h2-4,9,13,16H,5-8,10-11H2,1H3;1-3H2. The fraction of sp³-hybridized carbons (Fsp3) is 0.611. The third-order valence-electron chi connectivity index (χ3n) is 3.75. The first-order valence-corrected chi connectivity index (χ1v) is 8.27. The second kappa shape index (κ2) is 9.46. The molecule has 4 nitrogen and oxygen atoms in total. The number of rotatable bonds is 6. The lowest BCUT2D eigenvalue weighted by atomic mass is 10.1. The van der Waals surface area contributed by atoms with Crippen molar-refractivity contribution in [2.24, 2.45) is 5.92 Å². The Morgan fingerprint density at radius 1 is 1.32 bits per heavy atom. The largest absolute Gasteiger partial charge is 0.493 e. The third kappa shape index (κ3) is 6.94. The number of ether oxygens (including phenoxy) is 2. The van der Waals surface area contributed by atoms with Crippen LogP contribution in [0.1, 0.15) is 37.7 Å². The molecule has 4 heteroatoms. The minimum absolute atomic E-state index is 0.177. The molecule has 0 bridgehead atoms. The zero-order valence-corrected chi connectivity index (χ0v) is 13.5. The maximum Gasteiger partial charge on any atom is 0.305 e. The Balaban J connectivity index is 0.000000523. The van der Waals surface area contributed by atoms with Gasteiger partial charge in [0.25, 0.3) is 0 Å². The van der Waals surface area contributed by atoms with Crippen molar-refractivity contribution in [1.82, 2.24) is 5.32 Å². The smallest absolute Gasteiger partial charge is 0.305 e. The van der Waals surface area contributed by atoms with Crippen molar-refractivity contribution in [1.29, 1.82) is 0 Å². The second-order valence-electron chi connectivity index (χ2n) is 5.95. The number of benzene rings is 1. The second-order valence-corrected chi connectivity index (χ2v) is 5.95. The van der Waals surface area contributed by atoms with E-state index in [2.05, 4.69) is 10.1 Å². The topological polar surface area (TPSA) is 47.6 Å². The molecule has 1 heterocycles. The number of carbonyl (C=O) groups is 1. The summed E-state index contributed by atoms with van der Waals surface area (Å²) >= 11 is 0. The maximum absolute atomic E-state index is 11.1. The van der Waals surface area contributed by atoms with E-state index < -0.39 is 0 Å². The maximum atomic E-state index is 11.1. The molecule has 2 aliphatic rings. The van der Waals surface area contributed by atoms with E-state index >= 15 is 0 Å². The molecule has 1 aliphatic carbocycles. The molecule has 1 aromatic carbocycles. The van der Waals surface area contributed by atoms with E-state index in [0.29, 0.717) is 18.8 Å². The van der Waals surface area contributed by atoms with Gasteiger partial charge in [-0.1, -0.05) is 31.4 Å². The van der Waals surface area contributed by atoms with Crippen LogP contribution in [-0.4, -0.2) is 32.8 Å². The SMILES string of the molecule is C1CC1.COC(=O)CCc1cccc(OCC2CCNC2)c1. The summed E-state index contributed by atoms with van der Waals surface area (Å²) in [6.45, 7) is 2.89. The predicted octanol–water partition coefficient (Wildman–Crippen LogP) is 2.95. The van der Waals surface area contributed by atoms with Gasteiger partial charge in [0.2, 0.25) is 0 Å². The van der Waals surface area contributed by atoms with Gasteiger partial charge >= 0.3 is 5.97 Å². The highest BCUT2D eigenvalue weighted by Gasteiger charge is 2.14. The number of hydrogen-bond acceptors (Lipinski definition) is 4. The van der Waals surface area contributed by atoms with Crippen LogP contribution < -0.4 is 10.1 Å². The third-order valence-corrected chi connectivity index (χ3v) is 3.75. The normalized spacial score (nSPS) is 19.0. The fourth-order valence-corrected chi connectivity index (χ4v) is 2.21. The molecule has 1 saturated heterocycles. The van der Waals surface area contributed by atoms with Gasteiger partial charge in [0, 0.05) is 18.9 Å². The molecule has 1 aromatic rings. The highest BCUT2D eigenvalue weighted by atomic mass is 16.5. The van der Waals surface area contributed by atoms with Crippen molar-refractivity contribution >= 4 is 5.97 Å². The Hall–Kier alpha value is -1.55. The summed E-state index contributed by atoms with van der Waals surface area (Å²) in [4.78, 5) is 11.1. The highest BCUT2D eigenvalue weighted by molar-refractivity contribution is 5.69. The zero-order valence-electron chi connectivity index (χ0n) is 13.5. The summed E-state index contributed by atoms with van der Waals surface area (Å²) in [5, 5.41) is 3.33. The number of carbonyl (C=O) groups excluding carboxylic acids is 1. The average Bonchev–Trinajstić information content (AvgIpc) is 3.35. The molecule has 1 N–H and O–H groups in total. The number of aryl methyl sites for hydroxylation is 1. The molecule has 1 unspecified atom stereocenters. The summed E-state index contributed by atoms with van der Waals surface area (Å²) in [5.41, 5.74) is 1.10. The summed E-state index contributed by atoms with van der Waals surface area (Å²) in [5.74, 6) is 1.32. The summed E-state index contributed by atoms with van der Waals surface area (Å²) in [6, 6.07) is 7.94. The summed E-state index contributed by atoms with van der Waals surface area (Å²) < 4.78 is 10.4. The molecule has 1 atom stereocenters. The van der Waals surface area contributed by atoms with Crippen LogP contribution in [0, 0.1) is 5.92 Å². The number of esters is 1. The molecule has 1 aliphatic heterocycles. The van der Waals surface area contributed by atoms with Gasteiger partial charge in [-0.15, -0.1) is 0 Å². The molecule has 0 spiro atoms. The van der Waals surface area contributed by atoms with Gasteiger partial charge < -0.3 is 14.8 Å². The monoisotopic (exact) mass is 305 g/mol. The van der Waals surface area contributed by atoms with Crippen molar-refractivity contribution in [2.75, 3.05) is 26.8 Å². The zero-order chi connectivity index (χ0) is 15.6. The Kier molecular flexibility index (Phi) is 7.23. The van der Waals surface area contributed by atoms with E-state index in [9.17, 15) is 4.79 Å². The molecule has 0 amide bonds. The number of nitrogens with one attached hydrogen (secondary N) is 1. The molecule has 1 saturated carbocycles. The van der Waals surface area contributed by atoms with Gasteiger partial charge in [0.15, 0.2) is 0 Å². The molecule has 122 valence electrons. The predicted molar refractivity (Wildman–Crippen MR) is 87.1 cm³/mol. The van der Waals surface area contributed by atoms with Crippen LogP contribution in [0.3, 0.4) is 0 Å². The van der Waals surface area contributed by atoms with Crippen molar-refractivity contribution in [2.45, 2.75) is 38.5 Å². The van der Waals surface area contributed by atoms with Crippen molar-refractivity contribution in [3.63, 3.8) is 0 Å². The molecular weight excluding hydrogens is 278 g/mol. The Morgan fingerprint density at radius 2 is 2.14 bits per heavy atom. The Labute approximate surface area is 133 Å². The summed E-state index contributed by atoms with van der Waals surface area (Å²) in [7, 11) is 1.41. The molecule has 0 aromatic heterocycles. The van der Waals surface area contributed by atoms with E-state index in [0.717, 1.165) is 31.0 Å². The minimum atomic E-state index is -0.177. The number of methoxy groups -OCH3 is 1. The van der Waals surface area contributed by atoms with Gasteiger partial charge in [0.1, 0.15) is 5.75 Å². The molecule has 22 heavy (non-hydrogen) atoms. The molecule has 3 rings (SSSR count).